The zero-order valence-corrected chi connectivity index (χ0v) is 9.24. The first-order valence-electron chi connectivity index (χ1n) is 3.52. The molecule has 0 saturated carbocycles. The van der Waals surface area contributed by atoms with Crippen LogP contribution in [0.2, 0.25) is 10.0 Å². The Morgan fingerprint density at radius 1 is 1.40 bits per heavy atom. The topological polar surface area (TPSA) is 48.2 Å². The molecule has 0 unspecified atom stereocenters. The molecule has 1 N–H and O–H groups in total. The summed E-state index contributed by atoms with van der Waals surface area (Å²) in [5.41, 5.74) is 0.486. The molecule has 0 fully saturated rings. The van der Waals surface area contributed by atoms with Gasteiger partial charge in [0, 0.05) is 0 Å². The van der Waals surface area contributed by atoms with Crippen LogP contribution in [0.4, 0.5) is 5.69 Å². The minimum absolute atomic E-state index is 0. The quantitative estimate of drug-likeness (QED) is 0.271. The van der Waals surface area contributed by atoms with E-state index in [-0.39, 0.29) is 34.7 Å². The van der Waals surface area contributed by atoms with Gasteiger partial charge in [0.05, 0.1) is 15.7 Å². The van der Waals surface area contributed by atoms with Crippen LogP contribution >= 0.6 is 35.8 Å². The number of nitrogens with one attached hydrogen (secondary N) is 1. The second-order valence-electron chi connectivity index (χ2n) is 2.26. The average Bonchev–Trinajstić information content (AvgIpc) is 2.12. The van der Waals surface area contributed by atoms with Gasteiger partial charge in [-0.3, -0.25) is 0 Å². The van der Waals surface area contributed by atoms with Crippen LogP contribution < -0.4 is 5.32 Å². The molecule has 0 amide bonds. The molecule has 3 nitrogen and oxygen atoms in total. The van der Waals surface area contributed by atoms with Crippen LogP contribution in [0.15, 0.2) is 23.2 Å². The number of halogens is 2. The fourth-order valence-electron chi connectivity index (χ4n) is 0.804. The van der Waals surface area contributed by atoms with Crippen LogP contribution in [0.1, 0.15) is 0 Å². The molecule has 0 saturated heterocycles. The van der Waals surface area contributed by atoms with E-state index < -0.39 is 0 Å². The normalized spacial score (nSPS) is 10.1. The van der Waals surface area contributed by atoms with Gasteiger partial charge in [0.2, 0.25) is 6.19 Å². The van der Waals surface area contributed by atoms with Crippen LogP contribution in [0.5, 0.6) is 0 Å². The maximum absolute atomic E-state index is 8.26. The van der Waals surface area contributed by atoms with Crippen LogP contribution in [-0.4, -0.2) is 34.7 Å². The number of amidine groups is 1. The van der Waals surface area contributed by atoms with Gasteiger partial charge in [0.1, 0.15) is 0 Å². The Labute approximate surface area is 125 Å². The van der Waals surface area contributed by atoms with Crippen molar-refractivity contribution in [2.75, 3.05) is 5.32 Å². The number of benzene rings is 1. The van der Waals surface area contributed by atoms with Gasteiger partial charge in [-0.25, -0.2) is 0 Å². The third kappa shape index (κ3) is 4.64. The second-order valence-corrected chi connectivity index (χ2v) is 3.50. The van der Waals surface area contributed by atoms with Crippen molar-refractivity contribution in [2.45, 2.75) is 0 Å². The van der Waals surface area contributed by atoms with E-state index in [1.54, 1.807) is 24.4 Å². The summed E-state index contributed by atoms with van der Waals surface area (Å²) < 4.78 is 0. The summed E-state index contributed by atoms with van der Waals surface area (Å²) >= 11 is 15.6. The first kappa shape index (κ1) is 15.1. The Morgan fingerprint density at radius 2 is 1.93 bits per heavy atom. The van der Waals surface area contributed by atoms with Crippen molar-refractivity contribution in [1.82, 2.24) is 0 Å². The van der Waals surface area contributed by atoms with Crippen molar-refractivity contribution in [3.05, 3.63) is 28.2 Å². The van der Waals surface area contributed by atoms with E-state index in [4.69, 9.17) is 28.5 Å². The first-order valence-corrected chi connectivity index (χ1v) is 4.72. The van der Waals surface area contributed by atoms with Gasteiger partial charge in [-0.15, -0.1) is 17.6 Å². The van der Waals surface area contributed by atoms with E-state index in [9.17, 15) is 0 Å². The van der Waals surface area contributed by atoms with Crippen molar-refractivity contribution >= 4 is 76.2 Å². The third-order valence-electron chi connectivity index (χ3n) is 1.36. The van der Waals surface area contributed by atoms with Crippen molar-refractivity contribution in [3.8, 4) is 6.19 Å². The van der Waals surface area contributed by atoms with Crippen molar-refractivity contribution < 1.29 is 0 Å². The molecule has 15 heavy (non-hydrogen) atoms. The average molecular weight is 270 g/mol. The third-order valence-corrected chi connectivity index (χ3v) is 2.20. The van der Waals surface area contributed by atoms with E-state index in [1.165, 1.54) is 0 Å². The van der Waals surface area contributed by atoms with Crippen LogP contribution in [0.25, 0.3) is 0 Å². The Morgan fingerprint density at radius 3 is 2.40 bits per heavy atom. The molecule has 1 aromatic carbocycles. The number of para-hydroxylation sites is 1. The van der Waals surface area contributed by atoms with Crippen LogP contribution in [0.3, 0.4) is 0 Å². The molecule has 1 rings (SSSR count). The number of rotatable bonds is 1. The molecule has 0 heterocycles. The second kappa shape index (κ2) is 7.39. The maximum atomic E-state index is 8.26. The van der Waals surface area contributed by atoms with E-state index in [1.807, 2.05) is 0 Å². The molecule has 0 bridgehead atoms. The van der Waals surface area contributed by atoms with Crippen LogP contribution in [0, 0.1) is 11.5 Å². The van der Waals surface area contributed by atoms with Gasteiger partial charge in [-0.05, 0) is 12.1 Å². The molecular weight excluding hydrogens is 264 g/mol. The van der Waals surface area contributed by atoms with E-state index >= 15 is 0 Å². The molecule has 1 aromatic rings. The van der Waals surface area contributed by atoms with Gasteiger partial charge in [0.15, 0.2) is 5.17 Å². The number of hydrogen-bond acceptors (Lipinski definition) is 2. The predicted octanol–water partition coefficient (Wildman–Crippen LogP) is 2.52. The van der Waals surface area contributed by atoms with E-state index in [0.29, 0.717) is 15.7 Å². The summed E-state index contributed by atoms with van der Waals surface area (Å²) in [6, 6.07) is 5.06. The van der Waals surface area contributed by atoms with Crippen LogP contribution in [-0.2, 0) is 0 Å². The Balaban J connectivity index is 0.00000196. The van der Waals surface area contributed by atoms with E-state index in [2.05, 4.69) is 22.9 Å². The number of nitriles is 1. The number of anilines is 1. The molecule has 0 aliphatic heterocycles. The summed E-state index contributed by atoms with van der Waals surface area (Å²) in [7, 11) is 0. The Bertz CT molecular complexity index is 397. The summed E-state index contributed by atoms with van der Waals surface area (Å²) in [5.74, 6) is 0. The molecule has 0 aromatic heterocycles. The predicted molar refractivity (Wildman–Crippen MR) is 69.3 cm³/mol. The molecule has 0 radical (unpaired) electrons. The fraction of sp³-hybridized carbons (Fsp3) is 0. The van der Waals surface area contributed by atoms with Crippen molar-refractivity contribution in [1.29, 1.82) is 5.26 Å². The van der Waals surface area contributed by atoms with Crippen molar-refractivity contribution in [2.24, 2.45) is 4.99 Å². The first-order chi connectivity index (χ1) is 6.65. The SMILES string of the molecule is N#CN=C(S)Nc1c(Cl)cccc1Cl.[NaH]. The standard InChI is InChI=1S/C8H5Cl2N3S.Na.H/c9-5-2-1-3-6(10)7(5)13-8(14)12-4-11;;/h1-3H,(H2,12,13,14);;. The van der Waals surface area contributed by atoms with Gasteiger partial charge >= 0.3 is 29.6 Å². The van der Waals surface area contributed by atoms with Crippen molar-refractivity contribution in [3.63, 3.8) is 0 Å². The monoisotopic (exact) mass is 269 g/mol. The Hall–Kier alpha value is 0.110. The zero-order chi connectivity index (χ0) is 10.6. The number of aliphatic imine (C=N–C) groups is 1. The molecule has 0 aliphatic carbocycles. The summed E-state index contributed by atoms with van der Waals surface area (Å²) in [4.78, 5) is 3.36. The summed E-state index contributed by atoms with van der Waals surface area (Å²) in [6.07, 6.45) is 1.59. The summed E-state index contributed by atoms with van der Waals surface area (Å²) in [6.45, 7) is 0. The Kier molecular flexibility index (Phi) is 7.45. The van der Waals surface area contributed by atoms with Gasteiger partial charge in [-0.2, -0.15) is 5.26 Å². The van der Waals surface area contributed by atoms with Gasteiger partial charge in [-0.1, -0.05) is 29.3 Å². The van der Waals surface area contributed by atoms with Gasteiger partial charge < -0.3 is 5.32 Å². The molecule has 74 valence electrons. The van der Waals surface area contributed by atoms with E-state index in [0.717, 1.165) is 0 Å². The number of hydrogen-bond donors (Lipinski definition) is 2. The molecule has 7 heteroatoms. The molecule has 0 spiro atoms. The molecular formula is C8H6Cl2N3NaS. The minimum atomic E-state index is 0. The number of thiol groups is 1. The molecule has 0 atom stereocenters. The van der Waals surface area contributed by atoms with Gasteiger partial charge in [0.25, 0.3) is 0 Å². The fourth-order valence-corrected chi connectivity index (χ4v) is 1.45. The summed E-state index contributed by atoms with van der Waals surface area (Å²) in [5, 5.41) is 12.0. The molecule has 0 aliphatic rings. The zero-order valence-electron chi connectivity index (χ0n) is 6.83. The number of nitrogens with zero attached hydrogens (tertiary/aromatic N) is 2.